The van der Waals surface area contributed by atoms with Gasteiger partial charge in [0.15, 0.2) is 0 Å². The van der Waals surface area contributed by atoms with Crippen molar-refractivity contribution < 1.29 is 4.42 Å². The maximum atomic E-state index is 12.6. The number of nitrogens with one attached hydrogen (secondary N) is 2. The molecular weight excluding hydrogens is 320 g/mol. The predicted octanol–water partition coefficient (Wildman–Crippen LogP) is 2.57. The van der Waals surface area contributed by atoms with Gasteiger partial charge in [-0.3, -0.25) is 14.8 Å². The summed E-state index contributed by atoms with van der Waals surface area (Å²) in [5.74, 6) is 0.632. The Morgan fingerprint density at radius 2 is 1.80 bits per heavy atom. The van der Waals surface area contributed by atoms with Gasteiger partial charge in [0.25, 0.3) is 5.56 Å². The average Bonchev–Trinajstić information content (AvgIpc) is 2.53. The van der Waals surface area contributed by atoms with Crippen molar-refractivity contribution in [2.75, 3.05) is 0 Å². The first-order valence-electron chi connectivity index (χ1n) is 8.51. The topological polar surface area (TPSA) is 95.9 Å². The van der Waals surface area contributed by atoms with Gasteiger partial charge in [0, 0.05) is 0 Å². The first-order chi connectivity index (χ1) is 12.1. The molecule has 1 aliphatic carbocycles. The van der Waals surface area contributed by atoms with Crippen LogP contribution in [0.2, 0.25) is 0 Å². The molecule has 2 N–H and O–H groups in total. The summed E-state index contributed by atoms with van der Waals surface area (Å²) in [7, 11) is 0. The predicted molar refractivity (Wildman–Crippen MR) is 94.8 cm³/mol. The largest absolute Gasteiger partial charge is 0.405 e. The summed E-state index contributed by atoms with van der Waals surface area (Å²) < 4.78 is 5.27. The number of hydrogen-bond acceptors (Lipinski definition) is 4. The summed E-state index contributed by atoms with van der Waals surface area (Å²) in [6, 6.07) is 9.19. The SMILES string of the molecule is O=c1[nH]c(=O)c2c(CCC3CCC3)c(-c3ccccc3)c(=O)oc2[nH]1. The van der Waals surface area contributed by atoms with Crippen LogP contribution in [0, 0.1) is 5.92 Å². The fraction of sp³-hybridized carbons (Fsp3) is 0.316. The van der Waals surface area contributed by atoms with Crippen LogP contribution in [0.3, 0.4) is 0 Å². The Morgan fingerprint density at radius 3 is 2.48 bits per heavy atom. The van der Waals surface area contributed by atoms with E-state index in [9.17, 15) is 14.4 Å². The molecule has 1 saturated carbocycles. The Hall–Kier alpha value is -2.89. The van der Waals surface area contributed by atoms with E-state index in [-0.39, 0.29) is 11.1 Å². The standard InChI is InChI=1S/C19H18N2O4/c22-16-15-13(10-9-11-5-4-6-11)14(12-7-2-1-3-8-12)18(23)25-17(15)21-19(24)20-16/h1-3,7-8,11H,4-6,9-10H2,(H2,20,21,22,24). The zero-order chi connectivity index (χ0) is 17.4. The normalized spacial score (nSPS) is 14.6. The van der Waals surface area contributed by atoms with Crippen molar-refractivity contribution in [1.29, 1.82) is 0 Å². The van der Waals surface area contributed by atoms with E-state index in [1.807, 2.05) is 30.3 Å². The monoisotopic (exact) mass is 338 g/mol. The number of H-pyrrole nitrogens is 2. The van der Waals surface area contributed by atoms with Crippen molar-refractivity contribution >= 4 is 11.1 Å². The summed E-state index contributed by atoms with van der Waals surface area (Å²) in [4.78, 5) is 41.2. The lowest BCUT2D eigenvalue weighted by atomic mass is 9.80. The number of aromatic nitrogens is 2. The van der Waals surface area contributed by atoms with Gasteiger partial charge in [0.1, 0.15) is 5.39 Å². The highest BCUT2D eigenvalue weighted by molar-refractivity contribution is 5.83. The zero-order valence-corrected chi connectivity index (χ0v) is 13.6. The molecule has 1 aliphatic rings. The van der Waals surface area contributed by atoms with Crippen LogP contribution in [-0.2, 0) is 6.42 Å². The zero-order valence-electron chi connectivity index (χ0n) is 13.6. The number of benzene rings is 1. The fourth-order valence-electron chi connectivity index (χ4n) is 3.48. The van der Waals surface area contributed by atoms with Crippen LogP contribution >= 0.6 is 0 Å². The second-order valence-corrected chi connectivity index (χ2v) is 6.56. The van der Waals surface area contributed by atoms with Gasteiger partial charge in [-0.1, -0.05) is 49.6 Å². The lowest BCUT2D eigenvalue weighted by Gasteiger charge is -2.25. The average molecular weight is 338 g/mol. The molecule has 0 radical (unpaired) electrons. The molecule has 0 aliphatic heterocycles. The van der Waals surface area contributed by atoms with Crippen molar-refractivity contribution in [2.45, 2.75) is 32.1 Å². The molecular formula is C19H18N2O4. The van der Waals surface area contributed by atoms with E-state index < -0.39 is 16.9 Å². The van der Waals surface area contributed by atoms with E-state index in [1.165, 1.54) is 19.3 Å². The van der Waals surface area contributed by atoms with Crippen molar-refractivity contribution in [3.05, 3.63) is 67.2 Å². The molecule has 0 atom stereocenters. The quantitative estimate of drug-likeness (QED) is 0.764. The van der Waals surface area contributed by atoms with Gasteiger partial charge >= 0.3 is 11.3 Å². The Balaban J connectivity index is 1.98. The molecule has 0 bridgehead atoms. The molecule has 3 aromatic rings. The molecule has 6 nitrogen and oxygen atoms in total. The molecule has 1 aromatic carbocycles. The Bertz CT molecular complexity index is 1090. The first kappa shape index (κ1) is 15.6. The smallest absolute Gasteiger partial charge is 0.345 e. The van der Waals surface area contributed by atoms with E-state index in [1.54, 1.807) is 0 Å². The summed E-state index contributed by atoms with van der Waals surface area (Å²) in [6.07, 6.45) is 5.13. The second kappa shape index (κ2) is 6.20. The highest BCUT2D eigenvalue weighted by atomic mass is 16.4. The number of hydrogen-bond donors (Lipinski definition) is 2. The van der Waals surface area contributed by atoms with Crippen LogP contribution in [-0.4, -0.2) is 9.97 Å². The van der Waals surface area contributed by atoms with Crippen molar-refractivity contribution in [3.63, 3.8) is 0 Å². The maximum absolute atomic E-state index is 12.6. The minimum atomic E-state index is -0.682. The van der Waals surface area contributed by atoms with Crippen LogP contribution in [0.1, 0.15) is 31.2 Å². The molecule has 128 valence electrons. The molecule has 0 saturated heterocycles. The van der Waals surface area contributed by atoms with Crippen molar-refractivity contribution in [2.24, 2.45) is 5.92 Å². The fourth-order valence-corrected chi connectivity index (χ4v) is 3.48. The van der Waals surface area contributed by atoms with Gasteiger partial charge in [-0.05, 0) is 29.9 Å². The molecule has 0 spiro atoms. The van der Waals surface area contributed by atoms with E-state index in [0.717, 1.165) is 6.42 Å². The number of fused-ring (bicyclic) bond motifs is 1. The van der Waals surface area contributed by atoms with Crippen LogP contribution < -0.4 is 16.9 Å². The third-order valence-corrected chi connectivity index (χ3v) is 5.00. The van der Waals surface area contributed by atoms with Gasteiger partial charge in [-0.2, -0.15) is 0 Å². The molecule has 4 rings (SSSR count). The first-order valence-corrected chi connectivity index (χ1v) is 8.51. The number of aromatic amines is 2. The van der Waals surface area contributed by atoms with Gasteiger partial charge < -0.3 is 4.42 Å². The van der Waals surface area contributed by atoms with E-state index >= 15 is 0 Å². The highest BCUT2D eigenvalue weighted by Crippen LogP contribution is 2.33. The van der Waals surface area contributed by atoms with Gasteiger partial charge in [-0.15, -0.1) is 0 Å². The third kappa shape index (κ3) is 2.84. The van der Waals surface area contributed by atoms with Gasteiger partial charge in [-0.25, -0.2) is 9.59 Å². The maximum Gasteiger partial charge on any atom is 0.345 e. The Kier molecular flexibility index (Phi) is 3.87. The van der Waals surface area contributed by atoms with Crippen LogP contribution in [0.25, 0.3) is 22.2 Å². The molecule has 0 amide bonds. The lowest BCUT2D eigenvalue weighted by molar-refractivity contribution is 0.296. The van der Waals surface area contributed by atoms with Crippen LogP contribution in [0.4, 0.5) is 0 Å². The second-order valence-electron chi connectivity index (χ2n) is 6.56. The summed E-state index contributed by atoms with van der Waals surface area (Å²) in [5, 5.41) is 0.261. The molecule has 0 unspecified atom stereocenters. The highest BCUT2D eigenvalue weighted by Gasteiger charge is 2.22. The Morgan fingerprint density at radius 1 is 1.04 bits per heavy atom. The molecule has 6 heteroatoms. The molecule has 25 heavy (non-hydrogen) atoms. The minimum Gasteiger partial charge on any atom is -0.405 e. The van der Waals surface area contributed by atoms with E-state index in [2.05, 4.69) is 9.97 Å². The third-order valence-electron chi connectivity index (χ3n) is 5.00. The summed E-state index contributed by atoms with van der Waals surface area (Å²) in [5.41, 5.74) is -0.0221. The number of aryl methyl sites for hydroxylation is 1. The van der Waals surface area contributed by atoms with Gasteiger partial charge in [0.2, 0.25) is 5.71 Å². The lowest BCUT2D eigenvalue weighted by Crippen LogP contribution is -2.25. The summed E-state index contributed by atoms with van der Waals surface area (Å²) in [6.45, 7) is 0. The molecule has 2 aromatic heterocycles. The van der Waals surface area contributed by atoms with Gasteiger partial charge in [0.05, 0.1) is 5.56 Å². The van der Waals surface area contributed by atoms with E-state index in [4.69, 9.17) is 4.42 Å². The van der Waals surface area contributed by atoms with Crippen molar-refractivity contribution in [1.82, 2.24) is 9.97 Å². The molecule has 2 heterocycles. The summed E-state index contributed by atoms with van der Waals surface area (Å²) >= 11 is 0. The Labute approximate surface area is 142 Å². The van der Waals surface area contributed by atoms with Crippen LogP contribution in [0.5, 0.6) is 0 Å². The minimum absolute atomic E-state index is 0.0537. The van der Waals surface area contributed by atoms with E-state index in [0.29, 0.717) is 29.0 Å². The van der Waals surface area contributed by atoms with Crippen molar-refractivity contribution in [3.8, 4) is 11.1 Å². The molecule has 1 fully saturated rings. The van der Waals surface area contributed by atoms with Crippen LogP contribution in [0.15, 0.2) is 49.1 Å². The number of rotatable bonds is 4.